The van der Waals surface area contributed by atoms with Gasteiger partial charge in [0.1, 0.15) is 5.78 Å². The van der Waals surface area contributed by atoms with E-state index in [1.165, 1.54) is 0 Å². The van der Waals surface area contributed by atoms with E-state index in [-0.39, 0.29) is 24.2 Å². The molecular formula is C8H14O2. The van der Waals surface area contributed by atoms with E-state index in [0.29, 0.717) is 0 Å². The minimum absolute atomic E-state index is 0.0448. The van der Waals surface area contributed by atoms with Crippen LogP contribution in [-0.2, 0) is 4.79 Å². The van der Waals surface area contributed by atoms with Crippen molar-refractivity contribution in [1.82, 2.24) is 0 Å². The maximum absolute atomic E-state index is 11.2. The minimum Gasteiger partial charge on any atom is -0.396 e. The molecule has 0 aromatic rings. The van der Waals surface area contributed by atoms with Crippen LogP contribution < -0.4 is 0 Å². The molecule has 2 nitrogen and oxygen atoms in total. The summed E-state index contributed by atoms with van der Waals surface area (Å²) in [6.45, 7) is 1.99. The summed E-state index contributed by atoms with van der Waals surface area (Å²) < 4.78 is 0. The molecule has 2 unspecified atom stereocenters. The number of Topliss-reactive ketones (excluding diaryl/α,β-unsaturated/α-hetero) is 1. The Kier molecular flexibility index (Phi) is 2.44. The zero-order chi connectivity index (χ0) is 7.56. The molecule has 1 aliphatic rings. The Morgan fingerprint density at radius 3 is 2.80 bits per heavy atom. The van der Waals surface area contributed by atoms with Crippen molar-refractivity contribution in [3.8, 4) is 0 Å². The van der Waals surface area contributed by atoms with Crippen molar-refractivity contribution in [1.29, 1.82) is 0 Å². The molecular weight excluding hydrogens is 128 g/mol. The molecule has 0 saturated heterocycles. The SMILES string of the molecule is CC1CCCC(CO)C1=O. The second-order valence-corrected chi connectivity index (χ2v) is 3.11. The zero-order valence-corrected chi connectivity index (χ0v) is 6.34. The normalized spacial score (nSPS) is 34.4. The highest BCUT2D eigenvalue weighted by atomic mass is 16.3. The Hall–Kier alpha value is -0.370. The van der Waals surface area contributed by atoms with Gasteiger partial charge in [-0.15, -0.1) is 0 Å². The van der Waals surface area contributed by atoms with Crippen LogP contribution in [0.3, 0.4) is 0 Å². The summed E-state index contributed by atoms with van der Waals surface area (Å²) in [5.41, 5.74) is 0. The largest absolute Gasteiger partial charge is 0.396 e. The third kappa shape index (κ3) is 1.37. The molecule has 2 heteroatoms. The Balaban J connectivity index is 2.51. The van der Waals surface area contributed by atoms with Gasteiger partial charge < -0.3 is 5.11 Å². The highest BCUT2D eigenvalue weighted by Crippen LogP contribution is 2.24. The number of ketones is 1. The van der Waals surface area contributed by atoms with Gasteiger partial charge in [-0.25, -0.2) is 0 Å². The van der Waals surface area contributed by atoms with Gasteiger partial charge in [-0.3, -0.25) is 4.79 Å². The molecule has 0 aromatic carbocycles. The van der Waals surface area contributed by atoms with Crippen molar-refractivity contribution in [2.45, 2.75) is 26.2 Å². The molecule has 0 spiro atoms. The second-order valence-electron chi connectivity index (χ2n) is 3.11. The van der Waals surface area contributed by atoms with Crippen LogP contribution in [0.4, 0.5) is 0 Å². The Bertz CT molecular complexity index is 131. The molecule has 1 aliphatic carbocycles. The lowest BCUT2D eigenvalue weighted by Gasteiger charge is -2.23. The lowest BCUT2D eigenvalue weighted by Crippen LogP contribution is -2.28. The van der Waals surface area contributed by atoms with Crippen LogP contribution in [0.2, 0.25) is 0 Å². The van der Waals surface area contributed by atoms with Crippen molar-refractivity contribution in [2.75, 3.05) is 6.61 Å². The van der Waals surface area contributed by atoms with Gasteiger partial charge in [-0.1, -0.05) is 13.3 Å². The molecule has 58 valence electrons. The number of rotatable bonds is 1. The minimum atomic E-state index is -0.0521. The molecule has 0 aliphatic heterocycles. The topological polar surface area (TPSA) is 37.3 Å². The molecule has 1 fully saturated rings. The van der Waals surface area contributed by atoms with Gasteiger partial charge in [0.25, 0.3) is 0 Å². The van der Waals surface area contributed by atoms with E-state index in [2.05, 4.69) is 0 Å². The standard InChI is InChI=1S/C8H14O2/c1-6-3-2-4-7(5-9)8(6)10/h6-7,9H,2-5H2,1H3. The van der Waals surface area contributed by atoms with E-state index in [1.807, 2.05) is 6.92 Å². The molecule has 0 radical (unpaired) electrons. The summed E-state index contributed by atoms with van der Waals surface area (Å²) in [4.78, 5) is 11.2. The van der Waals surface area contributed by atoms with E-state index in [9.17, 15) is 4.79 Å². The number of carbonyl (C=O) groups is 1. The lowest BCUT2D eigenvalue weighted by molar-refractivity contribution is -0.129. The quantitative estimate of drug-likeness (QED) is 0.592. The van der Waals surface area contributed by atoms with Gasteiger partial charge in [-0.05, 0) is 12.8 Å². The summed E-state index contributed by atoms with van der Waals surface area (Å²) >= 11 is 0. The van der Waals surface area contributed by atoms with Gasteiger partial charge in [-0.2, -0.15) is 0 Å². The maximum atomic E-state index is 11.2. The molecule has 10 heavy (non-hydrogen) atoms. The fourth-order valence-electron chi connectivity index (χ4n) is 1.54. The van der Waals surface area contributed by atoms with Crippen molar-refractivity contribution < 1.29 is 9.90 Å². The van der Waals surface area contributed by atoms with Crippen LogP contribution in [-0.4, -0.2) is 17.5 Å². The third-order valence-electron chi connectivity index (χ3n) is 2.30. The van der Waals surface area contributed by atoms with E-state index < -0.39 is 0 Å². The van der Waals surface area contributed by atoms with Crippen molar-refractivity contribution in [2.24, 2.45) is 11.8 Å². The van der Waals surface area contributed by atoms with Gasteiger partial charge in [0, 0.05) is 11.8 Å². The number of aliphatic hydroxyl groups is 1. The summed E-state index contributed by atoms with van der Waals surface area (Å²) in [7, 11) is 0. The van der Waals surface area contributed by atoms with E-state index in [1.54, 1.807) is 0 Å². The highest BCUT2D eigenvalue weighted by molar-refractivity contribution is 5.83. The van der Waals surface area contributed by atoms with E-state index in [4.69, 9.17) is 5.11 Å². The number of aliphatic hydroxyl groups excluding tert-OH is 1. The fourth-order valence-corrected chi connectivity index (χ4v) is 1.54. The number of carbonyl (C=O) groups excluding carboxylic acids is 1. The van der Waals surface area contributed by atoms with Gasteiger partial charge in [0.15, 0.2) is 0 Å². The van der Waals surface area contributed by atoms with Crippen LogP contribution in [0.15, 0.2) is 0 Å². The molecule has 2 atom stereocenters. The third-order valence-corrected chi connectivity index (χ3v) is 2.30. The van der Waals surface area contributed by atoms with E-state index in [0.717, 1.165) is 19.3 Å². The van der Waals surface area contributed by atoms with Crippen LogP contribution in [0.5, 0.6) is 0 Å². The van der Waals surface area contributed by atoms with Crippen molar-refractivity contribution >= 4 is 5.78 Å². The monoisotopic (exact) mass is 142 g/mol. The first-order valence-electron chi connectivity index (χ1n) is 3.90. The molecule has 0 heterocycles. The van der Waals surface area contributed by atoms with Crippen LogP contribution >= 0.6 is 0 Å². The summed E-state index contributed by atoms with van der Waals surface area (Å²) in [5, 5.41) is 8.76. The van der Waals surface area contributed by atoms with E-state index >= 15 is 0 Å². The molecule has 1 rings (SSSR count). The number of hydrogen-bond donors (Lipinski definition) is 1. The smallest absolute Gasteiger partial charge is 0.141 e. The summed E-state index contributed by atoms with van der Waals surface area (Å²) in [6.07, 6.45) is 2.99. The van der Waals surface area contributed by atoms with Crippen LogP contribution in [0.25, 0.3) is 0 Å². The average Bonchev–Trinajstić information content (AvgIpc) is 1.95. The highest BCUT2D eigenvalue weighted by Gasteiger charge is 2.26. The first kappa shape index (κ1) is 7.73. The van der Waals surface area contributed by atoms with Crippen LogP contribution in [0, 0.1) is 11.8 Å². The first-order valence-corrected chi connectivity index (χ1v) is 3.90. The van der Waals surface area contributed by atoms with Crippen molar-refractivity contribution in [3.63, 3.8) is 0 Å². The molecule has 1 saturated carbocycles. The predicted molar refractivity (Wildman–Crippen MR) is 38.6 cm³/mol. The molecule has 0 bridgehead atoms. The predicted octanol–water partition coefficient (Wildman–Crippen LogP) is 0.984. The zero-order valence-electron chi connectivity index (χ0n) is 6.34. The average molecular weight is 142 g/mol. The Labute approximate surface area is 61.2 Å². The molecule has 1 N–H and O–H groups in total. The van der Waals surface area contributed by atoms with Crippen molar-refractivity contribution in [3.05, 3.63) is 0 Å². The fraction of sp³-hybridized carbons (Fsp3) is 0.875. The van der Waals surface area contributed by atoms with Gasteiger partial charge in [0.05, 0.1) is 6.61 Å². The van der Waals surface area contributed by atoms with Gasteiger partial charge >= 0.3 is 0 Å². The first-order chi connectivity index (χ1) is 4.75. The number of hydrogen-bond acceptors (Lipinski definition) is 2. The lowest BCUT2D eigenvalue weighted by atomic mass is 9.82. The van der Waals surface area contributed by atoms with Gasteiger partial charge in [0.2, 0.25) is 0 Å². The molecule has 0 aromatic heterocycles. The molecule has 0 amide bonds. The Morgan fingerprint density at radius 1 is 1.60 bits per heavy atom. The second kappa shape index (κ2) is 3.15. The summed E-state index contributed by atoms with van der Waals surface area (Å²) in [6, 6.07) is 0. The Morgan fingerprint density at radius 2 is 2.30 bits per heavy atom. The summed E-state index contributed by atoms with van der Waals surface area (Å²) in [5.74, 6) is 0.392. The van der Waals surface area contributed by atoms with Crippen LogP contribution in [0.1, 0.15) is 26.2 Å². The maximum Gasteiger partial charge on any atom is 0.141 e.